The lowest BCUT2D eigenvalue weighted by Crippen LogP contribution is -2.59. The standard InChI is InChI=1S/C33H43N3O9/c1-21-14-30(38)42-28-20-26(2-3-27(21)28)35-31(39)41-11-6-32(5-4-29(37)34-7-8-36-9-12-40-13-10-36)43-33(45-44-32)24-16-22-15-23(18-24)19-25(33)17-22/h2-3,14,20,22-25H,4-13,15-19H2,1H3,(H,34,37)(H,35,39). The lowest BCUT2D eigenvalue weighted by Gasteiger charge is -2.57. The van der Waals surface area contributed by atoms with Gasteiger partial charge < -0.3 is 23.9 Å². The number of nitrogens with one attached hydrogen (secondary N) is 2. The molecule has 1 unspecified atom stereocenters. The van der Waals surface area contributed by atoms with Crippen molar-refractivity contribution < 1.29 is 38.0 Å². The summed E-state index contributed by atoms with van der Waals surface area (Å²) in [6.45, 7) is 6.33. The van der Waals surface area contributed by atoms with E-state index in [1.807, 2.05) is 6.92 Å². The normalized spacial score (nSPS) is 32.3. The molecule has 1 aromatic heterocycles. The molecule has 12 nitrogen and oxygen atoms in total. The van der Waals surface area contributed by atoms with Gasteiger partial charge >= 0.3 is 11.7 Å². The van der Waals surface area contributed by atoms with E-state index in [1.165, 1.54) is 12.5 Å². The van der Waals surface area contributed by atoms with Crippen molar-refractivity contribution in [1.82, 2.24) is 10.2 Å². The Labute approximate surface area is 261 Å². The van der Waals surface area contributed by atoms with Crippen LogP contribution in [-0.2, 0) is 28.8 Å². The van der Waals surface area contributed by atoms with Gasteiger partial charge in [-0.25, -0.2) is 9.59 Å². The molecule has 6 aliphatic rings. The van der Waals surface area contributed by atoms with Crippen molar-refractivity contribution in [2.24, 2.45) is 23.7 Å². The van der Waals surface area contributed by atoms with Gasteiger partial charge in [0.2, 0.25) is 17.5 Å². The minimum atomic E-state index is -1.21. The molecular weight excluding hydrogens is 582 g/mol. The number of morpholine rings is 1. The lowest BCUT2D eigenvalue weighted by molar-refractivity contribution is -0.389. The third-order valence-corrected chi connectivity index (χ3v) is 10.4. The van der Waals surface area contributed by atoms with Crippen LogP contribution in [0, 0.1) is 30.6 Å². The first kappa shape index (κ1) is 30.6. The highest BCUT2D eigenvalue weighted by Gasteiger charge is 2.66. The van der Waals surface area contributed by atoms with Crippen molar-refractivity contribution >= 4 is 28.7 Å². The van der Waals surface area contributed by atoms with Gasteiger partial charge in [0, 0.05) is 80.5 Å². The Balaban J connectivity index is 0.974. The van der Waals surface area contributed by atoms with Gasteiger partial charge in [-0.3, -0.25) is 15.0 Å². The summed E-state index contributed by atoms with van der Waals surface area (Å²) in [6, 6.07) is 6.53. The summed E-state index contributed by atoms with van der Waals surface area (Å²) in [5, 5.41) is 6.50. The fourth-order valence-corrected chi connectivity index (χ4v) is 8.35. The Morgan fingerprint density at radius 1 is 1.00 bits per heavy atom. The molecule has 244 valence electrons. The Hall–Kier alpha value is -3.03. The second-order valence-electron chi connectivity index (χ2n) is 13.5. The summed E-state index contributed by atoms with van der Waals surface area (Å²) in [6.07, 6.45) is 5.58. The number of carbonyl (C=O) groups is 2. The van der Waals surface area contributed by atoms with Crippen LogP contribution in [0.4, 0.5) is 10.5 Å². The Morgan fingerprint density at radius 3 is 2.51 bits per heavy atom. The summed E-state index contributed by atoms with van der Waals surface area (Å²) in [4.78, 5) is 52.0. The lowest BCUT2D eigenvalue weighted by atomic mass is 9.53. The summed E-state index contributed by atoms with van der Waals surface area (Å²) >= 11 is 0. The second kappa shape index (κ2) is 12.6. The number of fused-ring (bicyclic) bond motifs is 1. The molecule has 2 N–H and O–H groups in total. The molecule has 0 radical (unpaired) electrons. The van der Waals surface area contributed by atoms with E-state index in [1.54, 1.807) is 18.2 Å². The van der Waals surface area contributed by atoms with E-state index < -0.39 is 23.3 Å². The van der Waals surface area contributed by atoms with Gasteiger partial charge in [-0.2, -0.15) is 9.78 Å². The van der Waals surface area contributed by atoms with Crippen molar-refractivity contribution in [3.8, 4) is 0 Å². The van der Waals surface area contributed by atoms with Gasteiger partial charge in [0.25, 0.3) is 0 Å². The van der Waals surface area contributed by atoms with Crippen LogP contribution in [0.5, 0.6) is 0 Å². The maximum atomic E-state index is 12.9. The van der Waals surface area contributed by atoms with Gasteiger partial charge in [-0.05, 0) is 68.6 Å². The van der Waals surface area contributed by atoms with Gasteiger partial charge in [-0.15, -0.1) is 0 Å². The van der Waals surface area contributed by atoms with Crippen molar-refractivity contribution in [3.63, 3.8) is 0 Å². The first-order valence-corrected chi connectivity index (χ1v) is 16.4. The van der Waals surface area contributed by atoms with Crippen molar-refractivity contribution in [2.75, 3.05) is 51.3 Å². The van der Waals surface area contributed by atoms with Crippen LogP contribution in [0.15, 0.2) is 33.5 Å². The summed E-state index contributed by atoms with van der Waals surface area (Å²) in [5.74, 6) is -0.139. The number of carbonyl (C=O) groups excluding carboxylic acids is 2. The molecule has 1 spiro atoms. The predicted molar refractivity (Wildman–Crippen MR) is 162 cm³/mol. The van der Waals surface area contributed by atoms with E-state index in [0.29, 0.717) is 17.8 Å². The van der Waals surface area contributed by atoms with E-state index in [-0.39, 0.29) is 43.6 Å². The molecule has 1 atom stereocenters. The highest BCUT2D eigenvalue weighted by atomic mass is 17.3. The zero-order chi connectivity index (χ0) is 31.0. The zero-order valence-electron chi connectivity index (χ0n) is 25.8. The van der Waals surface area contributed by atoms with Gasteiger partial charge in [0.1, 0.15) is 5.58 Å². The third-order valence-electron chi connectivity index (χ3n) is 10.4. The number of nitrogens with zero attached hydrogens (tertiary/aromatic N) is 1. The molecule has 6 fully saturated rings. The summed E-state index contributed by atoms with van der Waals surface area (Å²) in [5.41, 5.74) is 1.16. The highest BCUT2D eigenvalue weighted by molar-refractivity contribution is 5.89. The first-order valence-electron chi connectivity index (χ1n) is 16.4. The minimum absolute atomic E-state index is 0.00766. The highest BCUT2D eigenvalue weighted by Crippen LogP contribution is 2.63. The van der Waals surface area contributed by atoms with Crippen LogP contribution in [0.1, 0.15) is 56.9 Å². The smallest absolute Gasteiger partial charge is 0.411 e. The molecule has 4 aliphatic carbocycles. The van der Waals surface area contributed by atoms with Crippen molar-refractivity contribution in [2.45, 2.75) is 69.9 Å². The number of benzene rings is 1. The van der Waals surface area contributed by atoms with Crippen LogP contribution < -0.4 is 16.3 Å². The van der Waals surface area contributed by atoms with E-state index in [9.17, 15) is 14.4 Å². The first-order chi connectivity index (χ1) is 21.8. The molecule has 2 aliphatic heterocycles. The Kier molecular flexibility index (Phi) is 8.60. The molecule has 4 saturated carbocycles. The largest absolute Gasteiger partial charge is 0.449 e. The number of amides is 2. The molecule has 2 aromatic rings. The number of aryl methyl sites for hydroxylation is 1. The number of hydrogen-bond acceptors (Lipinski definition) is 10. The fraction of sp³-hybridized carbons (Fsp3) is 0.667. The van der Waals surface area contributed by atoms with Gasteiger partial charge in [-0.1, -0.05) is 0 Å². The van der Waals surface area contributed by atoms with Crippen LogP contribution >= 0.6 is 0 Å². The summed E-state index contributed by atoms with van der Waals surface area (Å²) in [7, 11) is 0. The van der Waals surface area contributed by atoms with Crippen LogP contribution in [0.25, 0.3) is 11.0 Å². The fourth-order valence-electron chi connectivity index (χ4n) is 8.35. The van der Waals surface area contributed by atoms with Crippen molar-refractivity contribution in [3.05, 3.63) is 40.2 Å². The molecule has 12 heteroatoms. The van der Waals surface area contributed by atoms with Crippen LogP contribution in [0.2, 0.25) is 0 Å². The second-order valence-corrected chi connectivity index (χ2v) is 13.5. The Morgan fingerprint density at radius 2 is 1.76 bits per heavy atom. The predicted octanol–water partition coefficient (Wildman–Crippen LogP) is 4.10. The average molecular weight is 626 g/mol. The van der Waals surface area contributed by atoms with Crippen molar-refractivity contribution in [1.29, 1.82) is 0 Å². The summed E-state index contributed by atoms with van der Waals surface area (Å²) < 4.78 is 23.1. The van der Waals surface area contributed by atoms with Gasteiger partial charge in [0.15, 0.2) is 0 Å². The molecule has 8 rings (SSSR count). The van der Waals surface area contributed by atoms with E-state index in [4.69, 9.17) is 28.4 Å². The number of rotatable bonds is 10. The molecule has 4 bridgehead atoms. The SMILES string of the molecule is Cc1cc(=O)oc2cc(NC(=O)OCCC3(CCC(=O)NCCN4CCOCC4)OOC4(O3)C3CC5CC(C3)CC4C5)ccc12. The topological polar surface area (TPSA) is 138 Å². The van der Waals surface area contributed by atoms with Crippen LogP contribution in [-0.4, -0.2) is 74.5 Å². The van der Waals surface area contributed by atoms with Crippen LogP contribution in [0.3, 0.4) is 0 Å². The Bertz CT molecular complexity index is 1440. The molecule has 2 saturated heterocycles. The van der Waals surface area contributed by atoms with E-state index in [0.717, 1.165) is 81.3 Å². The number of anilines is 1. The molecule has 45 heavy (non-hydrogen) atoms. The van der Waals surface area contributed by atoms with E-state index >= 15 is 0 Å². The average Bonchev–Trinajstić information content (AvgIpc) is 3.39. The maximum Gasteiger partial charge on any atom is 0.411 e. The van der Waals surface area contributed by atoms with E-state index in [2.05, 4.69) is 15.5 Å². The quantitative estimate of drug-likeness (QED) is 0.293. The number of hydrogen-bond donors (Lipinski definition) is 2. The molecule has 3 heterocycles. The number of ether oxygens (including phenoxy) is 3. The maximum absolute atomic E-state index is 12.9. The molecular formula is C33H43N3O9. The minimum Gasteiger partial charge on any atom is -0.449 e. The molecule has 2 amide bonds. The third kappa shape index (κ3) is 6.48. The van der Waals surface area contributed by atoms with Gasteiger partial charge in [0.05, 0.1) is 19.8 Å². The molecule has 1 aromatic carbocycles. The monoisotopic (exact) mass is 625 g/mol. The zero-order valence-corrected chi connectivity index (χ0v) is 25.8.